The molecule has 0 N–H and O–H groups in total. The lowest BCUT2D eigenvalue weighted by atomic mass is 10.1. The fraction of sp³-hybridized carbons (Fsp3) is 0.667. The van der Waals surface area contributed by atoms with Crippen LogP contribution in [0.15, 0.2) is 23.8 Å². The van der Waals surface area contributed by atoms with Gasteiger partial charge in [0.25, 0.3) is 0 Å². The van der Waals surface area contributed by atoms with Crippen LogP contribution < -0.4 is 0 Å². The summed E-state index contributed by atoms with van der Waals surface area (Å²) >= 11 is 2.07. The predicted octanol–water partition coefficient (Wildman–Crippen LogP) is 3.51. The van der Waals surface area contributed by atoms with E-state index in [1.165, 1.54) is 17.9 Å². The third-order valence-electron chi connectivity index (χ3n) is 2.60. The summed E-state index contributed by atoms with van der Waals surface area (Å²) in [6.07, 6.45) is 8.63. The average Bonchev–Trinajstić information content (AvgIpc) is 2.81. The zero-order valence-corrected chi connectivity index (χ0v) is 9.31. The lowest BCUT2D eigenvalue weighted by Crippen LogP contribution is -1.95. The van der Waals surface area contributed by atoms with E-state index in [0.29, 0.717) is 0 Å². The van der Waals surface area contributed by atoms with E-state index < -0.39 is 0 Å². The van der Waals surface area contributed by atoms with E-state index in [9.17, 15) is 0 Å². The van der Waals surface area contributed by atoms with Crippen molar-refractivity contribution in [2.45, 2.75) is 20.3 Å². The van der Waals surface area contributed by atoms with Gasteiger partial charge in [-0.2, -0.15) is 11.8 Å². The van der Waals surface area contributed by atoms with Crippen LogP contribution in [-0.4, -0.2) is 11.5 Å². The minimum absolute atomic E-state index is 0.826. The Bertz CT molecular complexity index is 238. The van der Waals surface area contributed by atoms with Gasteiger partial charge >= 0.3 is 0 Å². The van der Waals surface area contributed by atoms with Crippen LogP contribution in [0.5, 0.6) is 0 Å². The topological polar surface area (TPSA) is 0 Å². The van der Waals surface area contributed by atoms with Gasteiger partial charge < -0.3 is 0 Å². The van der Waals surface area contributed by atoms with Gasteiger partial charge in [-0.15, -0.1) is 0 Å². The van der Waals surface area contributed by atoms with Gasteiger partial charge in [-0.1, -0.05) is 32.1 Å². The number of fused-ring (bicyclic) bond motifs is 1. The first-order valence-corrected chi connectivity index (χ1v) is 6.38. The molecule has 0 heterocycles. The zero-order valence-electron chi connectivity index (χ0n) is 8.49. The molecule has 0 nitrogen and oxygen atoms in total. The van der Waals surface area contributed by atoms with Crippen molar-refractivity contribution in [3.05, 3.63) is 23.8 Å². The van der Waals surface area contributed by atoms with Gasteiger partial charge in [-0.05, 0) is 35.5 Å². The smallest absolute Gasteiger partial charge is 0.0181 e. The first kappa shape index (κ1) is 9.39. The summed E-state index contributed by atoms with van der Waals surface area (Å²) in [5.74, 6) is 5.17. The molecule has 0 aromatic carbocycles. The Balaban J connectivity index is 1.73. The van der Waals surface area contributed by atoms with Gasteiger partial charge in [0.2, 0.25) is 0 Å². The van der Waals surface area contributed by atoms with Crippen LogP contribution in [0.4, 0.5) is 0 Å². The molecule has 0 spiro atoms. The second kappa shape index (κ2) is 3.91. The number of rotatable bonds is 4. The molecule has 0 aliphatic heterocycles. The molecule has 1 heteroatoms. The fourth-order valence-corrected chi connectivity index (χ4v) is 2.75. The SMILES string of the molecule is CC(C)CSCC1=CC2CC2C=C1. The first-order chi connectivity index (χ1) is 6.25. The van der Waals surface area contributed by atoms with Crippen molar-refractivity contribution in [2.24, 2.45) is 17.8 Å². The molecule has 0 amide bonds. The van der Waals surface area contributed by atoms with Crippen molar-refractivity contribution in [3.8, 4) is 0 Å². The molecular formula is C12H18S. The predicted molar refractivity (Wildman–Crippen MR) is 61.0 cm³/mol. The molecule has 2 rings (SSSR count). The highest BCUT2D eigenvalue weighted by Gasteiger charge is 2.34. The van der Waals surface area contributed by atoms with Crippen molar-refractivity contribution in [3.63, 3.8) is 0 Å². The molecule has 2 unspecified atom stereocenters. The second-order valence-electron chi connectivity index (χ2n) is 4.57. The standard InChI is InChI=1S/C12H18S/c1-9(2)7-13-8-10-3-4-11-6-12(11)5-10/h3-5,9,11-12H,6-8H2,1-2H3. The van der Waals surface area contributed by atoms with Crippen LogP contribution in [0.25, 0.3) is 0 Å². The molecular weight excluding hydrogens is 176 g/mol. The highest BCUT2D eigenvalue weighted by Crippen LogP contribution is 2.44. The van der Waals surface area contributed by atoms with Gasteiger partial charge in [0, 0.05) is 5.75 Å². The van der Waals surface area contributed by atoms with Crippen LogP contribution in [0.1, 0.15) is 20.3 Å². The fourth-order valence-electron chi connectivity index (χ4n) is 1.74. The third kappa shape index (κ3) is 2.63. The highest BCUT2D eigenvalue weighted by molar-refractivity contribution is 7.99. The van der Waals surface area contributed by atoms with E-state index in [1.807, 2.05) is 0 Å². The average molecular weight is 194 g/mol. The second-order valence-corrected chi connectivity index (χ2v) is 5.60. The van der Waals surface area contributed by atoms with Crippen molar-refractivity contribution in [1.82, 2.24) is 0 Å². The van der Waals surface area contributed by atoms with Crippen molar-refractivity contribution < 1.29 is 0 Å². The third-order valence-corrected chi connectivity index (χ3v) is 4.04. The molecule has 2 aliphatic rings. The van der Waals surface area contributed by atoms with Crippen molar-refractivity contribution in [1.29, 1.82) is 0 Å². The summed E-state index contributed by atoms with van der Waals surface area (Å²) in [6.45, 7) is 4.57. The van der Waals surface area contributed by atoms with E-state index in [0.717, 1.165) is 17.8 Å². The highest BCUT2D eigenvalue weighted by atomic mass is 32.2. The number of allylic oxidation sites excluding steroid dienone is 3. The molecule has 13 heavy (non-hydrogen) atoms. The van der Waals surface area contributed by atoms with E-state index in [1.54, 1.807) is 5.57 Å². The van der Waals surface area contributed by atoms with Crippen molar-refractivity contribution >= 4 is 11.8 Å². The number of hydrogen-bond acceptors (Lipinski definition) is 1. The molecule has 0 radical (unpaired) electrons. The molecule has 1 fully saturated rings. The summed E-state index contributed by atoms with van der Waals surface area (Å²) in [5.41, 5.74) is 1.56. The van der Waals surface area contributed by atoms with Gasteiger partial charge in [0.1, 0.15) is 0 Å². The molecule has 0 aromatic rings. The Morgan fingerprint density at radius 3 is 3.00 bits per heavy atom. The Kier molecular flexibility index (Phi) is 2.83. The minimum atomic E-state index is 0.826. The van der Waals surface area contributed by atoms with Crippen LogP contribution in [0.3, 0.4) is 0 Å². The first-order valence-electron chi connectivity index (χ1n) is 5.22. The van der Waals surface area contributed by atoms with Crippen LogP contribution in [0.2, 0.25) is 0 Å². The molecule has 1 saturated carbocycles. The lowest BCUT2D eigenvalue weighted by molar-refractivity contribution is 0.750. The maximum Gasteiger partial charge on any atom is 0.0181 e. The molecule has 0 saturated heterocycles. The number of thioether (sulfide) groups is 1. The summed E-state index contributed by atoms with van der Waals surface area (Å²) < 4.78 is 0. The molecule has 0 bridgehead atoms. The zero-order chi connectivity index (χ0) is 9.26. The molecule has 72 valence electrons. The van der Waals surface area contributed by atoms with Gasteiger partial charge in [0.05, 0.1) is 0 Å². The van der Waals surface area contributed by atoms with E-state index in [-0.39, 0.29) is 0 Å². The summed E-state index contributed by atoms with van der Waals surface area (Å²) in [6, 6.07) is 0. The van der Waals surface area contributed by atoms with Crippen LogP contribution in [-0.2, 0) is 0 Å². The Hall–Kier alpha value is -0.170. The lowest BCUT2D eigenvalue weighted by Gasteiger charge is -2.07. The molecule has 0 aromatic heterocycles. The van der Waals surface area contributed by atoms with Gasteiger partial charge in [-0.3, -0.25) is 0 Å². The minimum Gasteiger partial charge on any atom is -0.157 e. The molecule has 2 atom stereocenters. The Labute approximate surface area is 85.5 Å². The van der Waals surface area contributed by atoms with E-state index in [2.05, 4.69) is 43.8 Å². The van der Waals surface area contributed by atoms with Crippen LogP contribution in [0, 0.1) is 17.8 Å². The normalized spacial score (nSPS) is 30.2. The summed E-state index contributed by atoms with van der Waals surface area (Å²) in [4.78, 5) is 0. The Morgan fingerprint density at radius 1 is 1.46 bits per heavy atom. The van der Waals surface area contributed by atoms with Crippen molar-refractivity contribution in [2.75, 3.05) is 11.5 Å². The quantitative estimate of drug-likeness (QED) is 0.660. The largest absolute Gasteiger partial charge is 0.157 e. The maximum absolute atomic E-state index is 2.48. The number of hydrogen-bond donors (Lipinski definition) is 0. The van der Waals surface area contributed by atoms with E-state index >= 15 is 0 Å². The summed E-state index contributed by atoms with van der Waals surface area (Å²) in [7, 11) is 0. The monoisotopic (exact) mass is 194 g/mol. The van der Waals surface area contributed by atoms with E-state index in [4.69, 9.17) is 0 Å². The van der Waals surface area contributed by atoms with Gasteiger partial charge in [0.15, 0.2) is 0 Å². The van der Waals surface area contributed by atoms with Gasteiger partial charge in [-0.25, -0.2) is 0 Å². The summed E-state index contributed by atoms with van der Waals surface area (Å²) in [5, 5.41) is 0. The maximum atomic E-state index is 2.48. The Morgan fingerprint density at radius 2 is 2.31 bits per heavy atom. The molecule has 2 aliphatic carbocycles. The van der Waals surface area contributed by atoms with Crippen LogP contribution >= 0.6 is 11.8 Å².